The van der Waals surface area contributed by atoms with Crippen molar-refractivity contribution in [2.75, 3.05) is 0 Å². The summed E-state index contributed by atoms with van der Waals surface area (Å²) < 4.78 is 5.43. The number of rotatable bonds is 2. The zero-order valence-corrected chi connectivity index (χ0v) is 14.0. The molecule has 3 rings (SSSR count). The summed E-state index contributed by atoms with van der Waals surface area (Å²) in [5.41, 5.74) is 4.88. The molecule has 1 aliphatic rings. The molecular weight excluding hydrogens is 286 g/mol. The van der Waals surface area contributed by atoms with Crippen molar-refractivity contribution >= 4 is 6.09 Å². The summed E-state index contributed by atoms with van der Waals surface area (Å²) in [7, 11) is 0. The van der Waals surface area contributed by atoms with Crippen molar-refractivity contribution in [2.45, 2.75) is 45.9 Å². The van der Waals surface area contributed by atoms with Gasteiger partial charge in [0.15, 0.2) is 0 Å². The molecule has 23 heavy (non-hydrogen) atoms. The summed E-state index contributed by atoms with van der Waals surface area (Å²) in [6.07, 6.45) is -0.248. The van der Waals surface area contributed by atoms with Crippen LogP contribution in [0.5, 0.6) is 0 Å². The number of hydrogen-bond donors (Lipinski definition) is 0. The first-order chi connectivity index (χ1) is 10.9. The van der Waals surface area contributed by atoms with Gasteiger partial charge in [0.25, 0.3) is 0 Å². The maximum atomic E-state index is 12.3. The molecule has 1 aliphatic heterocycles. The van der Waals surface area contributed by atoms with Gasteiger partial charge in [-0.05, 0) is 27.7 Å². The van der Waals surface area contributed by atoms with Crippen LogP contribution in [0.3, 0.4) is 0 Å². The van der Waals surface area contributed by atoms with E-state index in [9.17, 15) is 4.79 Å². The van der Waals surface area contributed by atoms with Crippen LogP contribution in [-0.2, 0) is 29.8 Å². The molecule has 0 spiro atoms. The summed E-state index contributed by atoms with van der Waals surface area (Å²) in [4.78, 5) is 14.0. The highest BCUT2D eigenvalue weighted by Gasteiger charge is 2.26. The van der Waals surface area contributed by atoms with Crippen LogP contribution in [0, 0.1) is 0 Å². The largest absolute Gasteiger partial charge is 0.445 e. The normalized spacial score (nSPS) is 13.8. The van der Waals surface area contributed by atoms with Crippen LogP contribution < -0.4 is 0 Å². The number of hydrogen-bond acceptors (Lipinski definition) is 2. The highest BCUT2D eigenvalue weighted by atomic mass is 16.6. The SMILES string of the molecule is CC(C)(C)c1ccc2c(c1)CN(C(=O)OCc1ccccc1)C2. The Morgan fingerprint density at radius 2 is 1.74 bits per heavy atom. The van der Waals surface area contributed by atoms with Crippen molar-refractivity contribution in [3.63, 3.8) is 0 Å². The fourth-order valence-corrected chi connectivity index (χ4v) is 2.80. The number of nitrogens with zero attached hydrogens (tertiary/aromatic N) is 1. The van der Waals surface area contributed by atoms with E-state index in [4.69, 9.17) is 4.74 Å². The van der Waals surface area contributed by atoms with Gasteiger partial charge in [-0.15, -0.1) is 0 Å². The van der Waals surface area contributed by atoms with Gasteiger partial charge in [0, 0.05) is 13.1 Å². The van der Waals surface area contributed by atoms with E-state index in [-0.39, 0.29) is 11.5 Å². The molecule has 0 aromatic heterocycles. The minimum absolute atomic E-state index is 0.121. The molecule has 120 valence electrons. The molecule has 2 aromatic carbocycles. The van der Waals surface area contributed by atoms with Crippen LogP contribution in [0.2, 0.25) is 0 Å². The topological polar surface area (TPSA) is 29.5 Å². The third-order valence-corrected chi connectivity index (χ3v) is 4.26. The summed E-state index contributed by atoms with van der Waals surface area (Å²) in [6, 6.07) is 16.3. The van der Waals surface area contributed by atoms with Crippen LogP contribution >= 0.6 is 0 Å². The van der Waals surface area contributed by atoms with E-state index in [0.717, 1.165) is 5.56 Å². The van der Waals surface area contributed by atoms with E-state index in [1.165, 1.54) is 16.7 Å². The molecule has 0 saturated carbocycles. The standard InChI is InChI=1S/C20H23NO2/c1-20(2,3)18-10-9-16-12-21(13-17(16)11-18)19(22)23-14-15-7-5-4-6-8-15/h4-11H,12-14H2,1-3H3. The van der Waals surface area contributed by atoms with Gasteiger partial charge in [0.2, 0.25) is 0 Å². The van der Waals surface area contributed by atoms with Gasteiger partial charge in [-0.25, -0.2) is 4.79 Å². The molecule has 0 N–H and O–H groups in total. The quantitative estimate of drug-likeness (QED) is 0.809. The van der Waals surface area contributed by atoms with Crippen molar-refractivity contribution in [1.82, 2.24) is 4.90 Å². The Labute approximate surface area is 137 Å². The number of fused-ring (bicyclic) bond motifs is 1. The van der Waals surface area contributed by atoms with Crippen molar-refractivity contribution in [1.29, 1.82) is 0 Å². The lowest BCUT2D eigenvalue weighted by Gasteiger charge is -2.19. The Kier molecular flexibility index (Phi) is 4.12. The fourth-order valence-electron chi connectivity index (χ4n) is 2.80. The predicted octanol–water partition coefficient (Wildman–Crippen LogP) is 4.64. The van der Waals surface area contributed by atoms with Crippen LogP contribution in [0.4, 0.5) is 4.79 Å². The van der Waals surface area contributed by atoms with Gasteiger partial charge < -0.3 is 4.74 Å². The van der Waals surface area contributed by atoms with E-state index < -0.39 is 0 Å². The maximum Gasteiger partial charge on any atom is 0.410 e. The Bertz CT molecular complexity index is 701. The second-order valence-corrected chi connectivity index (χ2v) is 7.13. The third-order valence-electron chi connectivity index (χ3n) is 4.26. The number of carbonyl (C=O) groups is 1. The molecule has 0 unspecified atom stereocenters. The summed E-state index contributed by atoms with van der Waals surface area (Å²) in [5, 5.41) is 0. The van der Waals surface area contributed by atoms with Gasteiger partial charge >= 0.3 is 6.09 Å². The predicted molar refractivity (Wildman–Crippen MR) is 91.0 cm³/mol. The van der Waals surface area contributed by atoms with Crippen molar-refractivity contribution < 1.29 is 9.53 Å². The lowest BCUT2D eigenvalue weighted by Crippen LogP contribution is -2.26. The van der Waals surface area contributed by atoms with Gasteiger partial charge in [0.05, 0.1) is 0 Å². The summed E-state index contributed by atoms with van der Waals surface area (Å²) in [6.45, 7) is 8.20. The number of amides is 1. The smallest absolute Gasteiger partial charge is 0.410 e. The second-order valence-electron chi connectivity index (χ2n) is 7.13. The van der Waals surface area contributed by atoms with Gasteiger partial charge in [-0.3, -0.25) is 4.90 Å². The molecular formula is C20H23NO2. The zero-order chi connectivity index (χ0) is 16.4. The van der Waals surface area contributed by atoms with Gasteiger partial charge in [0.1, 0.15) is 6.61 Å². The Morgan fingerprint density at radius 1 is 1.04 bits per heavy atom. The Balaban J connectivity index is 1.64. The first-order valence-electron chi connectivity index (χ1n) is 8.01. The molecule has 3 heteroatoms. The highest BCUT2D eigenvalue weighted by Crippen LogP contribution is 2.29. The molecule has 0 saturated heterocycles. The molecule has 1 heterocycles. The number of ether oxygens (including phenoxy) is 1. The molecule has 0 atom stereocenters. The molecule has 0 fully saturated rings. The van der Waals surface area contributed by atoms with Crippen molar-refractivity contribution in [3.8, 4) is 0 Å². The first-order valence-corrected chi connectivity index (χ1v) is 8.01. The molecule has 0 radical (unpaired) electrons. The zero-order valence-electron chi connectivity index (χ0n) is 14.0. The summed E-state index contributed by atoms with van der Waals surface area (Å²) in [5.74, 6) is 0. The van der Waals surface area contributed by atoms with E-state index in [1.807, 2.05) is 30.3 Å². The van der Waals surface area contributed by atoms with Crippen molar-refractivity contribution in [3.05, 3.63) is 70.8 Å². The van der Waals surface area contributed by atoms with Crippen LogP contribution in [0.15, 0.2) is 48.5 Å². The van der Waals surface area contributed by atoms with Gasteiger partial charge in [-0.2, -0.15) is 0 Å². The molecule has 0 aliphatic carbocycles. The minimum Gasteiger partial charge on any atom is -0.445 e. The molecule has 0 bridgehead atoms. The number of benzene rings is 2. The third kappa shape index (κ3) is 3.55. The fraction of sp³-hybridized carbons (Fsp3) is 0.350. The Morgan fingerprint density at radius 3 is 2.43 bits per heavy atom. The number of carbonyl (C=O) groups excluding carboxylic acids is 1. The molecule has 2 aromatic rings. The second kappa shape index (κ2) is 6.07. The Hall–Kier alpha value is -2.29. The molecule has 1 amide bonds. The van der Waals surface area contributed by atoms with Gasteiger partial charge in [-0.1, -0.05) is 69.3 Å². The highest BCUT2D eigenvalue weighted by molar-refractivity contribution is 5.69. The first kappa shape index (κ1) is 15.6. The van der Waals surface area contributed by atoms with Crippen LogP contribution in [0.25, 0.3) is 0 Å². The lowest BCUT2D eigenvalue weighted by molar-refractivity contribution is 0.0955. The monoisotopic (exact) mass is 309 g/mol. The van der Waals surface area contributed by atoms with Crippen LogP contribution in [-0.4, -0.2) is 11.0 Å². The van der Waals surface area contributed by atoms with E-state index in [2.05, 4.69) is 39.0 Å². The van der Waals surface area contributed by atoms with E-state index >= 15 is 0 Å². The van der Waals surface area contributed by atoms with E-state index in [0.29, 0.717) is 19.7 Å². The van der Waals surface area contributed by atoms with Crippen molar-refractivity contribution in [2.24, 2.45) is 0 Å². The maximum absolute atomic E-state index is 12.3. The van der Waals surface area contributed by atoms with E-state index in [1.54, 1.807) is 4.90 Å². The average Bonchev–Trinajstić information content (AvgIpc) is 2.96. The molecule has 3 nitrogen and oxygen atoms in total. The summed E-state index contributed by atoms with van der Waals surface area (Å²) >= 11 is 0. The lowest BCUT2D eigenvalue weighted by atomic mass is 9.85. The minimum atomic E-state index is -0.248. The average molecular weight is 309 g/mol. The van der Waals surface area contributed by atoms with Crippen LogP contribution in [0.1, 0.15) is 43.0 Å².